The largest absolute Gasteiger partial charge is 0.493 e. The van der Waals surface area contributed by atoms with Gasteiger partial charge < -0.3 is 19.5 Å². The maximum Gasteiger partial charge on any atom is 0.267 e. The summed E-state index contributed by atoms with van der Waals surface area (Å²) in [6.45, 7) is 4.43. The number of anilines is 1. The van der Waals surface area contributed by atoms with Crippen LogP contribution in [0.15, 0.2) is 35.2 Å². The molecule has 3 rings (SSSR count). The molecule has 2 aromatic carbocycles. The van der Waals surface area contributed by atoms with Gasteiger partial charge in [0.2, 0.25) is 5.75 Å². The number of carbonyl (C=O) groups excluding carboxylic acids is 1. The molecule has 1 N–H and O–H groups in total. The van der Waals surface area contributed by atoms with E-state index in [0.29, 0.717) is 33.1 Å². The summed E-state index contributed by atoms with van der Waals surface area (Å²) in [6, 6.07) is 9.68. The molecule has 8 heteroatoms. The van der Waals surface area contributed by atoms with Gasteiger partial charge in [-0.25, -0.2) is 0 Å². The van der Waals surface area contributed by atoms with Crippen molar-refractivity contribution in [2.75, 3.05) is 33.3 Å². The van der Waals surface area contributed by atoms with E-state index in [-0.39, 0.29) is 5.91 Å². The van der Waals surface area contributed by atoms with Crippen molar-refractivity contribution in [1.82, 2.24) is 4.90 Å². The van der Waals surface area contributed by atoms with Crippen molar-refractivity contribution in [2.24, 2.45) is 0 Å². The maximum atomic E-state index is 12.9. The molecule has 0 unspecified atom stereocenters. The fraction of sp³-hybridized carbons (Fsp3) is 0.273. The number of ether oxygens (including phenoxy) is 3. The summed E-state index contributed by atoms with van der Waals surface area (Å²) in [5.74, 6) is 1.40. The highest BCUT2D eigenvalue weighted by Gasteiger charge is 2.32. The molecule has 0 bridgehead atoms. The van der Waals surface area contributed by atoms with Gasteiger partial charge in [-0.1, -0.05) is 30.0 Å². The molecule has 1 saturated heterocycles. The van der Waals surface area contributed by atoms with E-state index in [1.54, 1.807) is 44.4 Å². The van der Waals surface area contributed by atoms with Gasteiger partial charge in [0, 0.05) is 5.69 Å². The van der Waals surface area contributed by atoms with E-state index in [2.05, 4.69) is 25.2 Å². The Labute approximate surface area is 186 Å². The number of methoxy groups -OCH3 is 3. The number of carbonyl (C=O) groups is 1. The summed E-state index contributed by atoms with van der Waals surface area (Å²) in [4.78, 5) is 15.0. The van der Waals surface area contributed by atoms with Crippen molar-refractivity contribution in [2.45, 2.75) is 13.8 Å². The molecular weight excluding hydrogens is 420 g/mol. The lowest BCUT2D eigenvalue weighted by molar-refractivity contribution is -0.121. The Kier molecular flexibility index (Phi) is 6.89. The molecule has 1 aliphatic heterocycles. The molecule has 0 saturated carbocycles. The smallest absolute Gasteiger partial charge is 0.267 e. The van der Waals surface area contributed by atoms with Gasteiger partial charge >= 0.3 is 0 Å². The normalized spacial score (nSPS) is 15.0. The fourth-order valence-corrected chi connectivity index (χ4v) is 4.25. The number of benzene rings is 2. The molecule has 0 aromatic heterocycles. The minimum Gasteiger partial charge on any atom is -0.493 e. The molecule has 0 radical (unpaired) electrons. The van der Waals surface area contributed by atoms with E-state index in [9.17, 15) is 4.79 Å². The highest BCUT2D eigenvalue weighted by Crippen LogP contribution is 2.40. The van der Waals surface area contributed by atoms with Gasteiger partial charge in [-0.2, -0.15) is 0 Å². The number of rotatable bonds is 7. The standard InChI is InChI=1S/C22H24N2O4S2/c1-13-6-7-16(8-14(13)2)23-12-24-21(25)19(30-22(24)29)11-15-9-17(26-3)20(28-5)18(10-15)27-4/h6-11,23H,12H2,1-5H3/b19-11+. The molecule has 0 atom stereocenters. The van der Waals surface area contributed by atoms with Crippen molar-refractivity contribution in [3.05, 3.63) is 51.9 Å². The van der Waals surface area contributed by atoms with Crippen LogP contribution in [-0.2, 0) is 4.79 Å². The van der Waals surface area contributed by atoms with E-state index in [1.165, 1.54) is 22.9 Å². The number of hydrogen-bond donors (Lipinski definition) is 1. The van der Waals surface area contributed by atoms with E-state index in [4.69, 9.17) is 26.4 Å². The Morgan fingerprint density at radius 1 is 1.03 bits per heavy atom. The highest BCUT2D eigenvalue weighted by atomic mass is 32.2. The highest BCUT2D eigenvalue weighted by molar-refractivity contribution is 8.26. The van der Waals surface area contributed by atoms with E-state index < -0.39 is 0 Å². The Morgan fingerprint density at radius 3 is 2.27 bits per heavy atom. The summed E-state index contributed by atoms with van der Waals surface area (Å²) in [6.07, 6.45) is 1.78. The van der Waals surface area contributed by atoms with Crippen LogP contribution in [0.5, 0.6) is 17.2 Å². The molecule has 2 aromatic rings. The van der Waals surface area contributed by atoms with E-state index >= 15 is 0 Å². The van der Waals surface area contributed by atoms with Crippen LogP contribution in [0.25, 0.3) is 6.08 Å². The van der Waals surface area contributed by atoms with Gasteiger partial charge in [0.25, 0.3) is 5.91 Å². The second-order valence-electron chi connectivity index (χ2n) is 6.70. The van der Waals surface area contributed by atoms with Crippen LogP contribution >= 0.6 is 24.0 Å². The van der Waals surface area contributed by atoms with Crippen LogP contribution in [0.3, 0.4) is 0 Å². The second-order valence-corrected chi connectivity index (χ2v) is 8.38. The van der Waals surface area contributed by atoms with Gasteiger partial charge in [0.15, 0.2) is 11.5 Å². The lowest BCUT2D eigenvalue weighted by atomic mass is 10.1. The van der Waals surface area contributed by atoms with Crippen molar-refractivity contribution >= 4 is 46.0 Å². The summed E-state index contributed by atoms with van der Waals surface area (Å²) in [7, 11) is 4.66. The van der Waals surface area contributed by atoms with Gasteiger partial charge in [-0.15, -0.1) is 0 Å². The van der Waals surface area contributed by atoms with Crippen LogP contribution in [0.4, 0.5) is 5.69 Å². The van der Waals surface area contributed by atoms with Crippen LogP contribution in [0, 0.1) is 13.8 Å². The number of thioether (sulfide) groups is 1. The Hall–Kier alpha value is -2.71. The number of aryl methyl sites for hydroxylation is 2. The van der Waals surface area contributed by atoms with E-state index in [1.807, 2.05) is 12.1 Å². The Bertz CT molecular complexity index is 995. The average Bonchev–Trinajstić information content (AvgIpc) is 3.00. The number of hydrogen-bond acceptors (Lipinski definition) is 7. The lowest BCUT2D eigenvalue weighted by Gasteiger charge is -2.17. The van der Waals surface area contributed by atoms with Gasteiger partial charge in [0.05, 0.1) is 32.9 Å². The zero-order valence-corrected chi connectivity index (χ0v) is 19.2. The third-order valence-electron chi connectivity index (χ3n) is 4.81. The van der Waals surface area contributed by atoms with Crippen LogP contribution < -0.4 is 19.5 Å². The predicted molar refractivity (Wildman–Crippen MR) is 126 cm³/mol. The molecule has 1 heterocycles. The monoisotopic (exact) mass is 444 g/mol. The van der Waals surface area contributed by atoms with E-state index in [0.717, 1.165) is 11.3 Å². The first kappa shape index (κ1) is 22.0. The number of nitrogens with one attached hydrogen (secondary N) is 1. The summed E-state index contributed by atoms with van der Waals surface area (Å²) in [5, 5.41) is 3.27. The number of thiocarbonyl (C=S) groups is 1. The summed E-state index contributed by atoms with van der Waals surface area (Å²) >= 11 is 6.70. The number of amides is 1. The summed E-state index contributed by atoms with van der Waals surface area (Å²) in [5.41, 5.74) is 4.11. The topological polar surface area (TPSA) is 60.0 Å². The molecule has 30 heavy (non-hydrogen) atoms. The van der Waals surface area contributed by atoms with Crippen LogP contribution in [0.2, 0.25) is 0 Å². The average molecular weight is 445 g/mol. The van der Waals surface area contributed by atoms with Crippen molar-refractivity contribution in [1.29, 1.82) is 0 Å². The van der Waals surface area contributed by atoms with Crippen LogP contribution in [-0.4, -0.2) is 43.1 Å². The zero-order valence-electron chi connectivity index (χ0n) is 17.6. The molecule has 1 fully saturated rings. The summed E-state index contributed by atoms with van der Waals surface area (Å²) < 4.78 is 16.6. The third kappa shape index (κ3) is 4.55. The number of nitrogens with zero attached hydrogens (tertiary/aromatic N) is 1. The lowest BCUT2D eigenvalue weighted by Crippen LogP contribution is -2.33. The van der Waals surface area contributed by atoms with Gasteiger partial charge in [-0.05, 0) is 60.9 Å². The third-order valence-corrected chi connectivity index (χ3v) is 6.18. The minimum absolute atomic E-state index is 0.143. The first-order chi connectivity index (χ1) is 14.4. The van der Waals surface area contributed by atoms with Gasteiger partial charge in [-0.3, -0.25) is 9.69 Å². The van der Waals surface area contributed by atoms with Crippen molar-refractivity contribution in [3.63, 3.8) is 0 Å². The molecule has 1 aliphatic rings. The van der Waals surface area contributed by atoms with Crippen molar-refractivity contribution in [3.8, 4) is 17.2 Å². The Balaban J connectivity index is 1.80. The van der Waals surface area contributed by atoms with Gasteiger partial charge in [0.1, 0.15) is 4.32 Å². The SMILES string of the molecule is COc1cc(/C=C2/SC(=S)N(CNc3ccc(C)c(C)c3)C2=O)cc(OC)c1OC. The molecule has 1 amide bonds. The molecular formula is C22H24N2O4S2. The zero-order chi connectivity index (χ0) is 21.8. The molecule has 0 spiro atoms. The first-order valence-corrected chi connectivity index (χ1v) is 10.5. The predicted octanol–water partition coefficient (Wildman–Crippen LogP) is 4.60. The van der Waals surface area contributed by atoms with Crippen LogP contribution in [0.1, 0.15) is 16.7 Å². The maximum absolute atomic E-state index is 12.9. The fourth-order valence-electron chi connectivity index (χ4n) is 2.99. The molecule has 0 aliphatic carbocycles. The van der Waals surface area contributed by atoms with Crippen molar-refractivity contribution < 1.29 is 19.0 Å². The minimum atomic E-state index is -0.143. The molecule has 158 valence electrons. The second kappa shape index (κ2) is 9.40. The first-order valence-electron chi connectivity index (χ1n) is 9.24. The molecule has 6 nitrogen and oxygen atoms in total. The Morgan fingerprint density at radius 2 is 1.70 bits per heavy atom. The quantitative estimate of drug-likeness (QED) is 0.495.